The summed E-state index contributed by atoms with van der Waals surface area (Å²) in [7, 11) is 0. The first-order valence-electron chi connectivity index (χ1n) is 8.57. The van der Waals surface area contributed by atoms with Gasteiger partial charge in [-0.15, -0.1) is 0 Å². The lowest BCUT2D eigenvalue weighted by atomic mass is 10.00. The zero-order valence-corrected chi connectivity index (χ0v) is 13.2. The third kappa shape index (κ3) is 3.19. The molecular formula is C16H31N3O. The molecule has 4 nitrogen and oxygen atoms in total. The van der Waals surface area contributed by atoms with E-state index in [2.05, 4.69) is 29.0 Å². The van der Waals surface area contributed by atoms with Crippen molar-refractivity contribution in [2.75, 3.05) is 45.9 Å². The van der Waals surface area contributed by atoms with Gasteiger partial charge in [0, 0.05) is 43.7 Å². The first kappa shape index (κ1) is 14.8. The standard InChI is InChI=1S/C16H31N3O/c1-3-6-17-16-12-20-11-14(16)9-19-10-15-5-4-7-18(15)8-13(19)2/h13-17H,3-12H2,1-2H3. The summed E-state index contributed by atoms with van der Waals surface area (Å²) in [6.45, 7) is 12.7. The first-order valence-corrected chi connectivity index (χ1v) is 8.57. The molecule has 20 heavy (non-hydrogen) atoms. The fraction of sp³-hybridized carbons (Fsp3) is 1.00. The molecule has 4 heteroatoms. The van der Waals surface area contributed by atoms with Gasteiger partial charge in [-0.3, -0.25) is 9.80 Å². The number of hydrogen-bond donors (Lipinski definition) is 1. The molecule has 0 aromatic rings. The Hall–Kier alpha value is -0.160. The van der Waals surface area contributed by atoms with Crippen LogP contribution in [0.4, 0.5) is 0 Å². The number of ether oxygens (including phenoxy) is 1. The van der Waals surface area contributed by atoms with Crippen molar-refractivity contribution in [3.05, 3.63) is 0 Å². The van der Waals surface area contributed by atoms with Crippen molar-refractivity contribution in [3.63, 3.8) is 0 Å². The first-order chi connectivity index (χ1) is 9.78. The minimum absolute atomic E-state index is 0.573. The van der Waals surface area contributed by atoms with Crippen molar-refractivity contribution in [3.8, 4) is 0 Å². The Balaban J connectivity index is 1.53. The van der Waals surface area contributed by atoms with E-state index in [1.165, 1.54) is 45.4 Å². The maximum atomic E-state index is 5.73. The Kier molecular flexibility index (Phi) is 4.97. The lowest BCUT2D eigenvalue weighted by Crippen LogP contribution is -2.57. The van der Waals surface area contributed by atoms with Crippen molar-refractivity contribution in [2.24, 2.45) is 5.92 Å². The predicted molar refractivity (Wildman–Crippen MR) is 82.0 cm³/mol. The summed E-state index contributed by atoms with van der Waals surface area (Å²) in [6, 6.07) is 2.11. The molecule has 0 amide bonds. The quantitative estimate of drug-likeness (QED) is 0.819. The molecule has 0 aromatic heterocycles. The van der Waals surface area contributed by atoms with Crippen molar-refractivity contribution < 1.29 is 4.74 Å². The van der Waals surface area contributed by atoms with Gasteiger partial charge in [-0.1, -0.05) is 6.92 Å². The van der Waals surface area contributed by atoms with Gasteiger partial charge in [0.1, 0.15) is 0 Å². The molecule has 0 saturated carbocycles. The van der Waals surface area contributed by atoms with Crippen LogP contribution in [0.2, 0.25) is 0 Å². The van der Waals surface area contributed by atoms with E-state index in [0.29, 0.717) is 18.0 Å². The molecule has 0 bridgehead atoms. The van der Waals surface area contributed by atoms with Crippen LogP contribution in [-0.2, 0) is 4.74 Å². The van der Waals surface area contributed by atoms with Crippen LogP contribution in [0, 0.1) is 5.92 Å². The van der Waals surface area contributed by atoms with Crippen LogP contribution in [-0.4, -0.2) is 73.9 Å². The molecule has 3 aliphatic heterocycles. The molecular weight excluding hydrogens is 250 g/mol. The normalized spacial score (nSPS) is 39.3. The smallest absolute Gasteiger partial charge is 0.0623 e. The highest BCUT2D eigenvalue weighted by Crippen LogP contribution is 2.26. The molecule has 0 aromatic carbocycles. The van der Waals surface area contributed by atoms with Gasteiger partial charge in [0.2, 0.25) is 0 Å². The largest absolute Gasteiger partial charge is 0.379 e. The maximum Gasteiger partial charge on any atom is 0.0623 e. The number of hydrogen-bond acceptors (Lipinski definition) is 4. The molecule has 4 atom stereocenters. The fourth-order valence-corrected chi connectivity index (χ4v) is 4.14. The molecule has 3 heterocycles. The summed E-state index contributed by atoms with van der Waals surface area (Å²) in [4.78, 5) is 5.44. The van der Waals surface area contributed by atoms with Gasteiger partial charge >= 0.3 is 0 Å². The van der Waals surface area contributed by atoms with E-state index in [-0.39, 0.29) is 0 Å². The second-order valence-electron chi connectivity index (χ2n) is 6.95. The second-order valence-corrected chi connectivity index (χ2v) is 6.95. The van der Waals surface area contributed by atoms with Gasteiger partial charge in [-0.2, -0.15) is 0 Å². The van der Waals surface area contributed by atoms with E-state index >= 15 is 0 Å². The Labute approximate surface area is 123 Å². The lowest BCUT2D eigenvalue weighted by Gasteiger charge is -2.43. The summed E-state index contributed by atoms with van der Waals surface area (Å²) in [6.07, 6.45) is 4.01. The summed E-state index contributed by atoms with van der Waals surface area (Å²) in [5.74, 6) is 0.678. The zero-order valence-electron chi connectivity index (χ0n) is 13.2. The number of nitrogens with one attached hydrogen (secondary N) is 1. The van der Waals surface area contributed by atoms with Crippen LogP contribution < -0.4 is 5.32 Å². The Morgan fingerprint density at radius 1 is 1.25 bits per heavy atom. The topological polar surface area (TPSA) is 27.7 Å². The van der Waals surface area contributed by atoms with E-state index in [4.69, 9.17) is 4.74 Å². The minimum Gasteiger partial charge on any atom is -0.379 e. The van der Waals surface area contributed by atoms with Crippen molar-refractivity contribution >= 4 is 0 Å². The van der Waals surface area contributed by atoms with Crippen molar-refractivity contribution in [2.45, 2.75) is 51.2 Å². The number of rotatable bonds is 5. The van der Waals surface area contributed by atoms with Crippen LogP contribution in [0.1, 0.15) is 33.1 Å². The predicted octanol–water partition coefficient (Wildman–Crippen LogP) is 1.17. The molecule has 0 spiro atoms. The molecule has 3 rings (SSSR count). The van der Waals surface area contributed by atoms with E-state index in [0.717, 1.165) is 25.8 Å². The SMILES string of the molecule is CCCNC1COCC1CN1CC2CCCN2CC1C. The van der Waals surface area contributed by atoms with Crippen LogP contribution in [0.3, 0.4) is 0 Å². The number of fused-ring (bicyclic) bond motifs is 1. The molecule has 3 fully saturated rings. The van der Waals surface area contributed by atoms with E-state index in [9.17, 15) is 0 Å². The Morgan fingerprint density at radius 3 is 3.00 bits per heavy atom. The third-order valence-corrected chi connectivity index (χ3v) is 5.39. The van der Waals surface area contributed by atoms with Crippen LogP contribution in [0.15, 0.2) is 0 Å². The van der Waals surface area contributed by atoms with Gasteiger partial charge in [-0.25, -0.2) is 0 Å². The number of piperazine rings is 1. The van der Waals surface area contributed by atoms with Gasteiger partial charge in [0.25, 0.3) is 0 Å². The molecule has 116 valence electrons. The van der Waals surface area contributed by atoms with Crippen molar-refractivity contribution in [1.82, 2.24) is 15.1 Å². The molecule has 0 aliphatic carbocycles. The van der Waals surface area contributed by atoms with Gasteiger partial charge in [-0.05, 0) is 39.3 Å². The summed E-state index contributed by atoms with van der Waals surface area (Å²) in [5, 5.41) is 3.67. The average Bonchev–Trinajstić information content (AvgIpc) is 3.06. The van der Waals surface area contributed by atoms with E-state index < -0.39 is 0 Å². The molecule has 1 N–H and O–H groups in total. The number of nitrogens with zero attached hydrogens (tertiary/aromatic N) is 2. The average molecular weight is 281 g/mol. The van der Waals surface area contributed by atoms with Crippen molar-refractivity contribution in [1.29, 1.82) is 0 Å². The minimum atomic E-state index is 0.573. The fourth-order valence-electron chi connectivity index (χ4n) is 4.14. The van der Waals surface area contributed by atoms with E-state index in [1.807, 2.05) is 0 Å². The zero-order chi connectivity index (χ0) is 13.9. The maximum absolute atomic E-state index is 5.73. The molecule has 4 unspecified atom stereocenters. The Bertz CT molecular complexity index is 312. The summed E-state index contributed by atoms with van der Waals surface area (Å²) in [5.41, 5.74) is 0. The molecule has 0 radical (unpaired) electrons. The summed E-state index contributed by atoms with van der Waals surface area (Å²) >= 11 is 0. The van der Waals surface area contributed by atoms with Gasteiger partial charge < -0.3 is 10.1 Å². The van der Waals surface area contributed by atoms with Crippen LogP contribution >= 0.6 is 0 Å². The van der Waals surface area contributed by atoms with E-state index in [1.54, 1.807) is 0 Å². The summed E-state index contributed by atoms with van der Waals surface area (Å²) < 4.78 is 5.73. The second kappa shape index (κ2) is 6.73. The Morgan fingerprint density at radius 2 is 2.15 bits per heavy atom. The highest BCUT2D eigenvalue weighted by atomic mass is 16.5. The molecule has 3 saturated heterocycles. The van der Waals surface area contributed by atoms with Crippen LogP contribution in [0.5, 0.6) is 0 Å². The van der Waals surface area contributed by atoms with Gasteiger partial charge in [0.05, 0.1) is 13.2 Å². The molecule has 3 aliphatic rings. The lowest BCUT2D eigenvalue weighted by molar-refractivity contribution is 0.0443. The van der Waals surface area contributed by atoms with Gasteiger partial charge in [0.15, 0.2) is 0 Å². The monoisotopic (exact) mass is 281 g/mol. The van der Waals surface area contributed by atoms with Crippen LogP contribution in [0.25, 0.3) is 0 Å². The highest BCUT2D eigenvalue weighted by molar-refractivity contribution is 4.93. The highest BCUT2D eigenvalue weighted by Gasteiger charge is 2.37. The third-order valence-electron chi connectivity index (χ3n) is 5.39.